The van der Waals surface area contributed by atoms with Gasteiger partial charge in [0.05, 0.1) is 22.1 Å². The standard InChI is InChI=1S/2C42H23NO2S/c1-4-15-32-28(9-1)40-33(20-21-37-41(40)30-11-3-6-17-35(30)45-37)43(32)24-19-22-38-31(23-24)27-14-7-13-26(42(27)46-38)25-12-8-18-36-39(25)29-10-2-5-16-34(29)44-36;1-4-15-34-25(9-1)31-22-32-26-10-2-5-16-36(26)45-39(32)23-35(31)43(34)24-19-20-40-33(21-24)29-14-7-13-28(42(29)46-40)27-12-8-18-38-41(27)30-11-3-6-17-37(30)44-38/h2*1-23H. The quantitative estimate of drug-likeness (QED) is 0.176. The molecule has 428 valence electrons. The van der Waals surface area contributed by atoms with Gasteiger partial charge in [0.2, 0.25) is 0 Å². The van der Waals surface area contributed by atoms with E-state index in [2.05, 4.69) is 258 Å². The van der Waals surface area contributed by atoms with Crippen LogP contribution in [0.15, 0.2) is 297 Å². The lowest BCUT2D eigenvalue weighted by Gasteiger charge is -2.08. The minimum Gasteiger partial charge on any atom is -0.456 e. The van der Waals surface area contributed by atoms with E-state index >= 15 is 0 Å². The Morgan fingerprint density at radius 2 is 0.620 bits per heavy atom. The van der Waals surface area contributed by atoms with Crippen LogP contribution < -0.4 is 0 Å². The number of hydrogen-bond acceptors (Lipinski definition) is 6. The van der Waals surface area contributed by atoms with E-state index in [1.165, 1.54) is 117 Å². The Balaban J connectivity index is 0.000000124. The number of fused-ring (bicyclic) bond motifs is 25. The van der Waals surface area contributed by atoms with Gasteiger partial charge in [-0.15, -0.1) is 22.7 Å². The second kappa shape index (κ2) is 18.9. The van der Waals surface area contributed by atoms with Gasteiger partial charge >= 0.3 is 0 Å². The zero-order chi connectivity index (χ0) is 59.9. The first-order valence-corrected chi connectivity index (χ1v) is 32.7. The van der Waals surface area contributed by atoms with Gasteiger partial charge in [0.15, 0.2) is 0 Å². The lowest BCUT2D eigenvalue weighted by atomic mass is 9.98. The smallest absolute Gasteiger partial charge is 0.137 e. The summed E-state index contributed by atoms with van der Waals surface area (Å²) in [6.07, 6.45) is 0. The van der Waals surface area contributed by atoms with E-state index in [1.54, 1.807) is 0 Å². The zero-order valence-corrected chi connectivity index (χ0v) is 50.5. The molecule has 8 heterocycles. The summed E-state index contributed by atoms with van der Waals surface area (Å²) in [5.74, 6) is 0. The van der Waals surface area contributed by atoms with E-state index in [1.807, 2.05) is 53.0 Å². The molecule has 22 rings (SSSR count). The molecule has 0 saturated heterocycles. The molecule has 0 fully saturated rings. The summed E-state index contributed by atoms with van der Waals surface area (Å²) in [6.45, 7) is 0. The predicted octanol–water partition coefficient (Wildman–Crippen LogP) is 25.2. The van der Waals surface area contributed by atoms with E-state index in [-0.39, 0.29) is 0 Å². The summed E-state index contributed by atoms with van der Waals surface area (Å²) in [7, 11) is 0. The van der Waals surface area contributed by atoms with Gasteiger partial charge in [-0.1, -0.05) is 170 Å². The van der Waals surface area contributed by atoms with Crippen LogP contribution in [0.1, 0.15) is 0 Å². The normalized spacial score (nSPS) is 12.3. The van der Waals surface area contributed by atoms with Crippen LogP contribution in [0.5, 0.6) is 0 Å². The highest BCUT2D eigenvalue weighted by molar-refractivity contribution is 7.26. The fourth-order valence-electron chi connectivity index (χ4n) is 15.3. The summed E-state index contributed by atoms with van der Waals surface area (Å²) in [5, 5.41) is 19.3. The lowest BCUT2D eigenvalue weighted by molar-refractivity contribution is 0.668. The molecule has 92 heavy (non-hydrogen) atoms. The molecule has 6 nitrogen and oxygen atoms in total. The minimum atomic E-state index is 0.908. The van der Waals surface area contributed by atoms with Crippen molar-refractivity contribution >= 4 is 194 Å². The summed E-state index contributed by atoms with van der Waals surface area (Å²) in [4.78, 5) is 0. The Hall–Kier alpha value is -11.7. The van der Waals surface area contributed by atoms with Crippen molar-refractivity contribution in [3.63, 3.8) is 0 Å². The van der Waals surface area contributed by atoms with Crippen molar-refractivity contribution in [2.45, 2.75) is 0 Å². The van der Waals surface area contributed by atoms with Crippen LogP contribution in [0.4, 0.5) is 0 Å². The average Bonchev–Trinajstić information content (AvgIpc) is 1.58. The fourth-order valence-corrected chi connectivity index (χ4v) is 17.7. The third-order valence-corrected chi connectivity index (χ3v) is 21.6. The third kappa shape index (κ3) is 7.07. The molecule has 0 atom stereocenters. The maximum Gasteiger partial charge on any atom is 0.137 e. The molecule has 0 radical (unpaired) electrons. The van der Waals surface area contributed by atoms with Crippen molar-refractivity contribution in [3.05, 3.63) is 279 Å². The number of aromatic nitrogens is 2. The van der Waals surface area contributed by atoms with E-state index in [4.69, 9.17) is 17.7 Å². The molecule has 8 aromatic heterocycles. The number of nitrogens with zero attached hydrogens (tertiary/aromatic N) is 2. The number of para-hydroxylation sites is 6. The topological polar surface area (TPSA) is 62.4 Å². The first-order valence-electron chi connectivity index (χ1n) is 31.0. The van der Waals surface area contributed by atoms with Gasteiger partial charge in [0.25, 0.3) is 0 Å². The molecule has 0 aliphatic heterocycles. The van der Waals surface area contributed by atoms with Crippen LogP contribution in [0.3, 0.4) is 0 Å². The monoisotopic (exact) mass is 1210 g/mol. The van der Waals surface area contributed by atoms with Crippen molar-refractivity contribution < 1.29 is 17.7 Å². The van der Waals surface area contributed by atoms with Crippen LogP contribution in [-0.4, -0.2) is 9.13 Å². The van der Waals surface area contributed by atoms with Crippen molar-refractivity contribution in [1.82, 2.24) is 9.13 Å². The molecular formula is C84H46N2O4S2. The maximum absolute atomic E-state index is 6.35. The predicted molar refractivity (Wildman–Crippen MR) is 387 cm³/mol. The van der Waals surface area contributed by atoms with E-state index in [0.717, 1.165) is 88.5 Å². The third-order valence-electron chi connectivity index (χ3n) is 19.2. The minimum absolute atomic E-state index is 0.908. The van der Waals surface area contributed by atoms with Crippen LogP contribution in [0, 0.1) is 0 Å². The molecule has 0 saturated carbocycles. The Morgan fingerprint density at radius 3 is 1.20 bits per heavy atom. The number of benzene rings is 14. The first-order chi connectivity index (χ1) is 45.6. The Morgan fingerprint density at radius 1 is 0.207 bits per heavy atom. The summed E-state index contributed by atoms with van der Waals surface area (Å²) in [5.41, 5.74) is 19.2. The number of thiophene rings is 2. The van der Waals surface area contributed by atoms with Crippen molar-refractivity contribution in [2.24, 2.45) is 0 Å². The highest BCUT2D eigenvalue weighted by Gasteiger charge is 2.23. The molecule has 0 spiro atoms. The van der Waals surface area contributed by atoms with E-state index in [0.29, 0.717) is 0 Å². The van der Waals surface area contributed by atoms with Crippen molar-refractivity contribution in [3.8, 4) is 33.6 Å². The van der Waals surface area contributed by atoms with Crippen LogP contribution >= 0.6 is 22.7 Å². The Labute approximate surface area is 530 Å². The molecule has 0 amide bonds. The molecular weight excluding hydrogens is 1170 g/mol. The zero-order valence-electron chi connectivity index (χ0n) is 48.9. The van der Waals surface area contributed by atoms with Crippen molar-refractivity contribution in [2.75, 3.05) is 0 Å². The molecule has 0 aliphatic carbocycles. The molecule has 22 aromatic rings. The van der Waals surface area contributed by atoms with Gasteiger partial charge in [0.1, 0.15) is 44.7 Å². The summed E-state index contributed by atoms with van der Waals surface area (Å²) < 4.78 is 35.1. The van der Waals surface area contributed by atoms with Gasteiger partial charge in [0, 0.05) is 134 Å². The molecule has 0 bridgehead atoms. The molecule has 0 unspecified atom stereocenters. The molecule has 0 N–H and O–H groups in total. The number of rotatable bonds is 4. The van der Waals surface area contributed by atoms with Crippen LogP contribution in [-0.2, 0) is 0 Å². The SMILES string of the molecule is c1ccc2c(c1)oc1cc3c(cc12)c1ccccc1n3-c1ccc2sc3c(-c4cccc5oc6ccccc6c45)cccc3c2c1.c1ccc2c(c1)oc1cccc(-c3cccc4c3sc3ccc(-n5c6ccccc6c6c7c(ccc65)oc5ccccc57)cc34)c12. The Bertz CT molecular complexity index is 6910. The van der Waals surface area contributed by atoms with Gasteiger partial charge in [-0.3, -0.25) is 0 Å². The fraction of sp³-hybridized carbons (Fsp3) is 0. The molecule has 0 aliphatic rings. The summed E-state index contributed by atoms with van der Waals surface area (Å²) in [6, 6.07) is 99.7. The highest BCUT2D eigenvalue weighted by Crippen LogP contribution is 2.49. The second-order valence-corrected chi connectivity index (χ2v) is 26.2. The van der Waals surface area contributed by atoms with Crippen molar-refractivity contribution in [1.29, 1.82) is 0 Å². The number of furan rings is 4. The van der Waals surface area contributed by atoms with Gasteiger partial charge in [-0.25, -0.2) is 0 Å². The average molecular weight is 1210 g/mol. The van der Waals surface area contributed by atoms with E-state index in [9.17, 15) is 0 Å². The van der Waals surface area contributed by atoms with E-state index < -0.39 is 0 Å². The van der Waals surface area contributed by atoms with Gasteiger partial charge in [-0.05, 0) is 114 Å². The van der Waals surface area contributed by atoms with Crippen LogP contribution in [0.25, 0.3) is 205 Å². The van der Waals surface area contributed by atoms with Gasteiger partial charge in [-0.2, -0.15) is 0 Å². The van der Waals surface area contributed by atoms with Gasteiger partial charge < -0.3 is 26.8 Å². The first kappa shape index (κ1) is 50.2. The molecule has 14 aromatic carbocycles. The largest absolute Gasteiger partial charge is 0.456 e. The lowest BCUT2D eigenvalue weighted by Crippen LogP contribution is -1.93. The highest BCUT2D eigenvalue weighted by atomic mass is 32.1. The summed E-state index contributed by atoms with van der Waals surface area (Å²) >= 11 is 3.73. The second-order valence-electron chi connectivity index (χ2n) is 24.1. The number of hydrogen-bond donors (Lipinski definition) is 0. The maximum atomic E-state index is 6.35. The Kier molecular flexibility index (Phi) is 10.3. The molecule has 8 heteroatoms. The van der Waals surface area contributed by atoms with Crippen LogP contribution in [0.2, 0.25) is 0 Å².